The molecule has 31 heavy (non-hydrogen) atoms. The number of allylic oxidation sites excluding steroid dienone is 1. The Morgan fingerprint density at radius 2 is 1.52 bits per heavy atom. The zero-order valence-corrected chi connectivity index (χ0v) is 17.7. The van der Waals surface area contributed by atoms with Crippen molar-refractivity contribution in [3.8, 4) is 0 Å². The minimum absolute atomic E-state index is 0.0983. The van der Waals surface area contributed by atoms with Crippen LogP contribution in [0.5, 0.6) is 0 Å². The van der Waals surface area contributed by atoms with E-state index in [1.54, 1.807) is 42.5 Å². The topological polar surface area (TPSA) is 69.6 Å². The molecule has 5 heteroatoms. The molecule has 0 saturated carbocycles. The van der Waals surface area contributed by atoms with E-state index >= 15 is 0 Å². The Morgan fingerprint density at radius 3 is 2.13 bits per heavy atom. The van der Waals surface area contributed by atoms with Crippen LogP contribution in [-0.2, 0) is 0 Å². The van der Waals surface area contributed by atoms with Gasteiger partial charge in [-0.15, -0.1) is 0 Å². The Kier molecular flexibility index (Phi) is 7.35. The maximum atomic E-state index is 12.5. The number of aliphatic hydroxyl groups excluding tert-OH is 1. The number of aryl methyl sites for hydroxylation is 1. The van der Waals surface area contributed by atoms with Crippen LogP contribution in [-0.4, -0.2) is 37.0 Å². The number of rotatable bonds is 8. The zero-order valence-electron chi connectivity index (χ0n) is 17.7. The first-order chi connectivity index (χ1) is 15.0. The molecule has 0 aliphatic heterocycles. The highest BCUT2D eigenvalue weighted by Gasteiger charge is 2.07. The summed E-state index contributed by atoms with van der Waals surface area (Å²) in [5.74, 6) is -0.301. The number of nitrogens with one attached hydrogen (secondary N) is 1. The summed E-state index contributed by atoms with van der Waals surface area (Å²) in [6.07, 6.45) is 3.30. The van der Waals surface area contributed by atoms with Crippen molar-refractivity contribution < 1.29 is 14.7 Å². The highest BCUT2D eigenvalue weighted by Crippen LogP contribution is 2.16. The Morgan fingerprint density at radius 1 is 0.903 bits per heavy atom. The average molecular weight is 415 g/mol. The van der Waals surface area contributed by atoms with Gasteiger partial charge in [0.05, 0.1) is 6.61 Å². The molecule has 0 bridgehead atoms. The number of hydrogen-bond donors (Lipinski definition) is 2. The van der Waals surface area contributed by atoms with Crippen molar-refractivity contribution in [2.45, 2.75) is 6.92 Å². The number of nitrogens with zero attached hydrogens (tertiary/aromatic N) is 1. The number of carbonyl (C=O) groups excluding carboxylic acids is 2. The third-order valence-electron chi connectivity index (χ3n) is 4.94. The Bertz CT molecular complexity index is 1050. The zero-order chi connectivity index (χ0) is 22.2. The van der Waals surface area contributed by atoms with Crippen LogP contribution >= 0.6 is 0 Å². The number of likely N-dealkylation sites (N-methyl/N-ethyl adjacent to an activating group) is 1. The standard InChI is InChI=1S/C26H26N2O3/c1-19-3-8-22(9-4-19)26(31)27-23-12-10-21(11-13-23)25(30)16-7-20-5-14-24(15-6-20)28(2)17-18-29/h3-16,29H,17-18H2,1-2H3,(H,27,31)/b16-7+. The molecular formula is C26H26N2O3. The van der Waals surface area contributed by atoms with E-state index in [9.17, 15) is 9.59 Å². The lowest BCUT2D eigenvalue weighted by atomic mass is 10.1. The minimum Gasteiger partial charge on any atom is -0.395 e. The van der Waals surface area contributed by atoms with Gasteiger partial charge in [0, 0.05) is 36.1 Å². The lowest BCUT2D eigenvalue weighted by molar-refractivity contribution is 0.102. The average Bonchev–Trinajstić information content (AvgIpc) is 2.79. The van der Waals surface area contributed by atoms with Crippen molar-refractivity contribution in [1.82, 2.24) is 0 Å². The molecule has 0 aliphatic carbocycles. The molecule has 158 valence electrons. The summed E-state index contributed by atoms with van der Waals surface area (Å²) in [6, 6.07) is 21.9. The molecule has 0 heterocycles. The van der Waals surface area contributed by atoms with Gasteiger partial charge in [0.2, 0.25) is 0 Å². The molecule has 0 aliphatic rings. The third-order valence-corrected chi connectivity index (χ3v) is 4.94. The van der Waals surface area contributed by atoms with Gasteiger partial charge >= 0.3 is 0 Å². The van der Waals surface area contributed by atoms with Gasteiger partial charge in [0.1, 0.15) is 0 Å². The first-order valence-corrected chi connectivity index (χ1v) is 10.1. The van der Waals surface area contributed by atoms with E-state index in [2.05, 4.69) is 5.32 Å². The second-order valence-corrected chi connectivity index (χ2v) is 7.33. The maximum Gasteiger partial charge on any atom is 0.255 e. The van der Waals surface area contributed by atoms with E-state index < -0.39 is 0 Å². The molecule has 0 saturated heterocycles. The Hall–Kier alpha value is -3.70. The SMILES string of the molecule is Cc1ccc(C(=O)Nc2ccc(C(=O)/C=C/c3ccc(N(C)CCO)cc3)cc2)cc1. The molecule has 2 N–H and O–H groups in total. The normalized spacial score (nSPS) is 10.8. The van der Waals surface area contributed by atoms with Crippen LogP contribution in [0.1, 0.15) is 31.8 Å². The molecule has 0 radical (unpaired) electrons. The highest BCUT2D eigenvalue weighted by molar-refractivity contribution is 6.08. The lowest BCUT2D eigenvalue weighted by Gasteiger charge is -2.17. The number of hydrogen-bond acceptors (Lipinski definition) is 4. The second-order valence-electron chi connectivity index (χ2n) is 7.33. The summed E-state index contributed by atoms with van der Waals surface area (Å²) in [7, 11) is 1.91. The van der Waals surface area contributed by atoms with E-state index in [1.165, 1.54) is 6.08 Å². The number of ketones is 1. The van der Waals surface area contributed by atoms with Crippen LogP contribution in [0.2, 0.25) is 0 Å². The molecule has 0 fully saturated rings. The summed E-state index contributed by atoms with van der Waals surface area (Å²) in [6.45, 7) is 2.63. The maximum absolute atomic E-state index is 12.5. The van der Waals surface area contributed by atoms with Crippen molar-refractivity contribution in [3.63, 3.8) is 0 Å². The largest absolute Gasteiger partial charge is 0.395 e. The van der Waals surface area contributed by atoms with Gasteiger partial charge in [0.25, 0.3) is 5.91 Å². The summed E-state index contributed by atoms with van der Waals surface area (Å²) >= 11 is 0. The van der Waals surface area contributed by atoms with E-state index in [-0.39, 0.29) is 18.3 Å². The minimum atomic E-state index is -0.188. The monoisotopic (exact) mass is 414 g/mol. The van der Waals surface area contributed by atoms with Crippen LogP contribution < -0.4 is 10.2 Å². The van der Waals surface area contributed by atoms with Gasteiger partial charge in [-0.25, -0.2) is 0 Å². The van der Waals surface area contributed by atoms with Crippen molar-refractivity contribution in [2.75, 3.05) is 30.4 Å². The van der Waals surface area contributed by atoms with Crippen LogP contribution in [0.25, 0.3) is 6.08 Å². The predicted molar refractivity (Wildman–Crippen MR) is 126 cm³/mol. The highest BCUT2D eigenvalue weighted by atomic mass is 16.3. The molecule has 1 amide bonds. The van der Waals surface area contributed by atoms with Crippen molar-refractivity contribution in [1.29, 1.82) is 0 Å². The van der Waals surface area contributed by atoms with Crippen LogP contribution in [0.4, 0.5) is 11.4 Å². The predicted octanol–water partition coefficient (Wildman–Crippen LogP) is 4.57. The van der Waals surface area contributed by atoms with Gasteiger partial charge < -0.3 is 15.3 Å². The number of benzene rings is 3. The molecule has 0 aromatic heterocycles. The fourth-order valence-corrected chi connectivity index (χ4v) is 3.01. The van der Waals surface area contributed by atoms with Gasteiger partial charge in [-0.3, -0.25) is 9.59 Å². The molecule has 3 rings (SSSR count). The lowest BCUT2D eigenvalue weighted by Crippen LogP contribution is -2.20. The first-order valence-electron chi connectivity index (χ1n) is 10.1. The number of carbonyl (C=O) groups is 2. The molecule has 3 aromatic rings. The Balaban J connectivity index is 1.59. The first kappa shape index (κ1) is 22.0. The van der Waals surface area contributed by atoms with Crippen LogP contribution in [0.15, 0.2) is 78.9 Å². The summed E-state index contributed by atoms with van der Waals surface area (Å²) in [5.41, 5.74) is 4.77. The molecular weight excluding hydrogens is 388 g/mol. The smallest absolute Gasteiger partial charge is 0.255 e. The van der Waals surface area contributed by atoms with Crippen molar-refractivity contribution >= 4 is 29.1 Å². The molecule has 3 aromatic carbocycles. The van der Waals surface area contributed by atoms with Gasteiger partial charge in [-0.1, -0.05) is 35.9 Å². The summed E-state index contributed by atoms with van der Waals surface area (Å²) in [4.78, 5) is 26.7. The molecule has 0 unspecified atom stereocenters. The molecule has 0 atom stereocenters. The van der Waals surface area contributed by atoms with E-state index in [0.717, 1.165) is 16.8 Å². The summed E-state index contributed by atoms with van der Waals surface area (Å²) < 4.78 is 0. The van der Waals surface area contributed by atoms with E-state index in [1.807, 2.05) is 55.3 Å². The number of aliphatic hydroxyl groups is 1. The fraction of sp³-hybridized carbons (Fsp3) is 0.154. The molecule has 0 spiro atoms. The quantitative estimate of drug-likeness (QED) is 0.418. The summed E-state index contributed by atoms with van der Waals surface area (Å²) in [5, 5.41) is 11.9. The van der Waals surface area contributed by atoms with Gasteiger partial charge in [-0.05, 0) is 67.1 Å². The van der Waals surface area contributed by atoms with E-state index in [0.29, 0.717) is 23.4 Å². The Labute approximate surface area is 182 Å². The fourth-order valence-electron chi connectivity index (χ4n) is 3.01. The van der Waals surface area contributed by atoms with Crippen LogP contribution in [0.3, 0.4) is 0 Å². The van der Waals surface area contributed by atoms with Gasteiger partial charge in [0.15, 0.2) is 5.78 Å². The number of amides is 1. The third kappa shape index (κ3) is 6.14. The molecule has 5 nitrogen and oxygen atoms in total. The second kappa shape index (κ2) is 10.4. The van der Waals surface area contributed by atoms with Crippen molar-refractivity contribution in [2.24, 2.45) is 0 Å². The van der Waals surface area contributed by atoms with Crippen LogP contribution in [0, 0.1) is 6.92 Å². The van der Waals surface area contributed by atoms with Crippen molar-refractivity contribution in [3.05, 3.63) is 101 Å². The van der Waals surface area contributed by atoms with E-state index in [4.69, 9.17) is 5.11 Å². The number of anilines is 2. The van der Waals surface area contributed by atoms with Gasteiger partial charge in [-0.2, -0.15) is 0 Å².